The number of thiophene rings is 1. The number of sulfonamides is 1. The summed E-state index contributed by atoms with van der Waals surface area (Å²) in [5, 5.41) is 2.94. The first-order valence-electron chi connectivity index (χ1n) is 5.71. The van der Waals surface area contributed by atoms with Crippen molar-refractivity contribution in [2.45, 2.75) is 24.1 Å². The van der Waals surface area contributed by atoms with Crippen molar-refractivity contribution in [1.82, 2.24) is 9.71 Å². The summed E-state index contributed by atoms with van der Waals surface area (Å²) in [4.78, 5) is 5.15. The number of nitrogens with one attached hydrogen (secondary N) is 1. The molecule has 0 aromatic carbocycles. The SMILES string of the molecule is Cc1nc(CCNS(=O)(=O)c2ccc(CN)s2)cs1. The van der Waals surface area contributed by atoms with E-state index < -0.39 is 10.0 Å². The summed E-state index contributed by atoms with van der Waals surface area (Å²) in [5.41, 5.74) is 6.39. The summed E-state index contributed by atoms with van der Waals surface area (Å²) in [7, 11) is -3.42. The molecule has 0 saturated heterocycles. The molecule has 0 fully saturated rings. The molecule has 104 valence electrons. The number of nitrogens with zero attached hydrogens (tertiary/aromatic N) is 1. The van der Waals surface area contributed by atoms with Crippen LogP contribution in [0.1, 0.15) is 15.6 Å². The van der Waals surface area contributed by atoms with Crippen LogP contribution in [0.3, 0.4) is 0 Å². The molecule has 0 bridgehead atoms. The topological polar surface area (TPSA) is 85.1 Å². The number of hydrogen-bond donors (Lipinski definition) is 2. The van der Waals surface area contributed by atoms with Crippen LogP contribution in [0.25, 0.3) is 0 Å². The van der Waals surface area contributed by atoms with Gasteiger partial charge in [-0.05, 0) is 19.1 Å². The molecule has 0 saturated carbocycles. The number of aromatic nitrogens is 1. The van der Waals surface area contributed by atoms with Crippen LogP contribution in [0, 0.1) is 6.92 Å². The lowest BCUT2D eigenvalue weighted by atomic mass is 10.3. The van der Waals surface area contributed by atoms with Crippen molar-refractivity contribution in [3.05, 3.63) is 33.1 Å². The predicted molar refractivity (Wildman–Crippen MR) is 78.0 cm³/mol. The van der Waals surface area contributed by atoms with Crippen molar-refractivity contribution in [2.24, 2.45) is 5.73 Å². The van der Waals surface area contributed by atoms with E-state index >= 15 is 0 Å². The summed E-state index contributed by atoms with van der Waals surface area (Å²) in [5.74, 6) is 0. The first-order valence-corrected chi connectivity index (χ1v) is 8.88. The second-order valence-corrected chi connectivity index (χ2v) is 8.15. The molecule has 2 heterocycles. The monoisotopic (exact) mass is 317 g/mol. The van der Waals surface area contributed by atoms with Crippen molar-refractivity contribution >= 4 is 32.7 Å². The summed E-state index contributed by atoms with van der Waals surface area (Å²) in [6, 6.07) is 3.32. The first-order chi connectivity index (χ1) is 9.01. The van der Waals surface area contributed by atoms with Crippen molar-refractivity contribution in [3.8, 4) is 0 Å². The highest BCUT2D eigenvalue weighted by Crippen LogP contribution is 2.20. The Hall–Kier alpha value is -0.800. The molecule has 5 nitrogen and oxygen atoms in total. The van der Waals surface area contributed by atoms with Gasteiger partial charge in [0.2, 0.25) is 10.0 Å². The molecule has 0 aliphatic heterocycles. The molecule has 2 aromatic heterocycles. The maximum absolute atomic E-state index is 12.0. The van der Waals surface area contributed by atoms with E-state index in [-0.39, 0.29) is 0 Å². The third-order valence-electron chi connectivity index (χ3n) is 2.44. The van der Waals surface area contributed by atoms with Gasteiger partial charge in [-0.3, -0.25) is 0 Å². The molecule has 0 unspecified atom stereocenters. The van der Waals surface area contributed by atoms with Gasteiger partial charge in [-0.1, -0.05) is 0 Å². The normalized spacial score (nSPS) is 11.9. The second-order valence-electron chi connectivity index (χ2n) is 3.93. The zero-order chi connectivity index (χ0) is 13.9. The highest BCUT2D eigenvalue weighted by atomic mass is 32.2. The zero-order valence-electron chi connectivity index (χ0n) is 10.4. The van der Waals surface area contributed by atoms with E-state index in [0.717, 1.165) is 15.6 Å². The maximum atomic E-state index is 12.0. The molecular formula is C11H15N3O2S3. The highest BCUT2D eigenvalue weighted by Gasteiger charge is 2.16. The van der Waals surface area contributed by atoms with Gasteiger partial charge in [0, 0.05) is 29.8 Å². The van der Waals surface area contributed by atoms with Crippen LogP contribution in [0.2, 0.25) is 0 Å². The lowest BCUT2D eigenvalue weighted by Gasteiger charge is -2.03. The molecule has 0 aliphatic rings. The summed E-state index contributed by atoms with van der Waals surface area (Å²) in [6.45, 7) is 2.64. The van der Waals surface area contributed by atoms with Gasteiger partial charge in [0.05, 0.1) is 10.7 Å². The standard InChI is InChI=1S/C11H15N3O2S3/c1-8-14-9(7-17-8)4-5-13-19(15,16)11-3-2-10(6-12)18-11/h2-3,7,13H,4-6,12H2,1H3. The molecule has 0 spiro atoms. The molecule has 19 heavy (non-hydrogen) atoms. The van der Waals surface area contributed by atoms with E-state index in [0.29, 0.717) is 23.7 Å². The Morgan fingerprint density at radius 3 is 2.79 bits per heavy atom. The van der Waals surface area contributed by atoms with Crippen LogP contribution in [-0.4, -0.2) is 19.9 Å². The lowest BCUT2D eigenvalue weighted by Crippen LogP contribution is -2.25. The van der Waals surface area contributed by atoms with E-state index in [4.69, 9.17) is 5.73 Å². The largest absolute Gasteiger partial charge is 0.326 e. The Labute approximate surface area is 120 Å². The number of hydrogen-bond acceptors (Lipinski definition) is 6. The molecule has 0 radical (unpaired) electrons. The fourth-order valence-electron chi connectivity index (χ4n) is 1.52. The fraction of sp³-hybridized carbons (Fsp3) is 0.364. The number of nitrogens with two attached hydrogens (primary N) is 1. The Morgan fingerprint density at radius 2 is 2.21 bits per heavy atom. The summed E-state index contributed by atoms with van der Waals surface area (Å²) >= 11 is 2.77. The van der Waals surface area contributed by atoms with E-state index in [1.54, 1.807) is 23.5 Å². The van der Waals surface area contributed by atoms with Crippen LogP contribution in [0.4, 0.5) is 0 Å². The van der Waals surface area contributed by atoms with Gasteiger partial charge in [0.1, 0.15) is 4.21 Å². The summed E-state index contributed by atoms with van der Waals surface area (Å²) < 4.78 is 26.9. The van der Waals surface area contributed by atoms with Gasteiger partial charge >= 0.3 is 0 Å². The van der Waals surface area contributed by atoms with Crippen molar-refractivity contribution in [1.29, 1.82) is 0 Å². The van der Waals surface area contributed by atoms with Gasteiger partial charge in [-0.2, -0.15) is 0 Å². The minimum Gasteiger partial charge on any atom is -0.326 e. The van der Waals surface area contributed by atoms with E-state index in [1.807, 2.05) is 12.3 Å². The zero-order valence-corrected chi connectivity index (χ0v) is 12.9. The van der Waals surface area contributed by atoms with Crippen molar-refractivity contribution in [2.75, 3.05) is 6.54 Å². The van der Waals surface area contributed by atoms with E-state index in [1.165, 1.54) is 11.3 Å². The van der Waals surface area contributed by atoms with Crippen LogP contribution in [-0.2, 0) is 23.0 Å². The maximum Gasteiger partial charge on any atom is 0.250 e. The van der Waals surface area contributed by atoms with Gasteiger partial charge in [0.15, 0.2) is 0 Å². The number of aryl methyl sites for hydroxylation is 1. The van der Waals surface area contributed by atoms with Crippen molar-refractivity contribution in [3.63, 3.8) is 0 Å². The third kappa shape index (κ3) is 3.83. The molecule has 8 heteroatoms. The molecule has 0 aliphatic carbocycles. The molecular weight excluding hydrogens is 302 g/mol. The quantitative estimate of drug-likeness (QED) is 0.845. The minimum absolute atomic E-state index is 0.308. The molecule has 0 amide bonds. The van der Waals surface area contributed by atoms with Gasteiger partial charge in [-0.15, -0.1) is 22.7 Å². The predicted octanol–water partition coefficient (Wildman–Crippen LogP) is 1.49. The molecule has 2 rings (SSSR count). The smallest absolute Gasteiger partial charge is 0.250 e. The van der Waals surface area contributed by atoms with Crippen LogP contribution < -0.4 is 10.5 Å². The fourth-order valence-corrected chi connectivity index (χ4v) is 4.48. The summed E-state index contributed by atoms with van der Waals surface area (Å²) in [6.07, 6.45) is 0.596. The number of rotatable bonds is 6. The van der Waals surface area contributed by atoms with E-state index in [2.05, 4.69) is 9.71 Å². The average Bonchev–Trinajstić information content (AvgIpc) is 2.98. The Morgan fingerprint density at radius 1 is 1.42 bits per heavy atom. The number of thiazole rings is 1. The Kier molecular flexibility index (Phi) is 4.69. The van der Waals surface area contributed by atoms with Gasteiger partial charge < -0.3 is 5.73 Å². The van der Waals surface area contributed by atoms with E-state index in [9.17, 15) is 8.42 Å². The lowest BCUT2D eigenvalue weighted by molar-refractivity contribution is 0.583. The third-order valence-corrected chi connectivity index (χ3v) is 6.33. The first kappa shape index (κ1) is 14.6. The second kappa shape index (κ2) is 6.10. The average molecular weight is 317 g/mol. The highest BCUT2D eigenvalue weighted by molar-refractivity contribution is 7.91. The van der Waals surface area contributed by atoms with Crippen molar-refractivity contribution < 1.29 is 8.42 Å². The molecule has 0 atom stereocenters. The van der Waals surface area contributed by atoms with Crippen LogP contribution in [0.15, 0.2) is 21.7 Å². The van der Waals surface area contributed by atoms with Gasteiger partial charge in [0.25, 0.3) is 0 Å². The minimum atomic E-state index is -3.42. The van der Waals surface area contributed by atoms with Crippen LogP contribution >= 0.6 is 22.7 Å². The van der Waals surface area contributed by atoms with Crippen LogP contribution in [0.5, 0.6) is 0 Å². The molecule has 2 aromatic rings. The van der Waals surface area contributed by atoms with Gasteiger partial charge in [-0.25, -0.2) is 18.1 Å². The molecule has 3 N–H and O–H groups in total. The Balaban J connectivity index is 1.94. The Bertz CT molecular complexity index is 646.